The van der Waals surface area contributed by atoms with Crippen molar-refractivity contribution in [3.63, 3.8) is 0 Å². The fourth-order valence-electron chi connectivity index (χ4n) is 5.90. The zero-order chi connectivity index (χ0) is 30.0. The standard InChI is InChI=1S/C38H38BrO3P/c39-43(34-18-6-3-7-19-34,35-20-8-4-9-21-35,36-22-10-5-11-23-36)29-15-2-1-14-28-42-38(41)27-26-37(40)33-25-24-31-16-12-13-17-32(31)30-33/h3-13,16-25,30H,1-2,14-15,26-29H2. The summed E-state index contributed by atoms with van der Waals surface area (Å²) in [5, 5.41) is 3.22. The Morgan fingerprint density at radius 2 is 1.07 bits per heavy atom. The normalized spacial score (nSPS) is 12.3. The molecule has 220 valence electrons. The molecule has 43 heavy (non-hydrogen) atoms. The number of carbonyl (C=O) groups excluding carboxylic acids is 2. The van der Waals surface area contributed by atoms with Crippen molar-refractivity contribution in [2.75, 3.05) is 12.8 Å². The SMILES string of the molecule is O=C(CCC(=O)c1ccc2ccccc2c1)OCCCCCCP(Br)(c1ccccc1)(c1ccccc1)c1ccccc1. The van der Waals surface area contributed by atoms with E-state index in [2.05, 4.69) is 106 Å². The van der Waals surface area contributed by atoms with E-state index in [9.17, 15) is 9.59 Å². The molecule has 5 aromatic carbocycles. The summed E-state index contributed by atoms with van der Waals surface area (Å²) in [5.74, 6) is -0.342. The maximum absolute atomic E-state index is 12.6. The molecule has 0 amide bonds. The van der Waals surface area contributed by atoms with Crippen molar-refractivity contribution in [3.05, 3.63) is 139 Å². The Hall–Kier alpha value is -3.59. The van der Waals surface area contributed by atoms with Crippen LogP contribution in [0.1, 0.15) is 48.9 Å². The minimum absolute atomic E-state index is 0.0333. The van der Waals surface area contributed by atoms with Crippen LogP contribution in [0.15, 0.2) is 133 Å². The number of esters is 1. The van der Waals surface area contributed by atoms with Crippen molar-refractivity contribution in [1.29, 1.82) is 0 Å². The van der Waals surface area contributed by atoms with Crippen molar-refractivity contribution in [2.24, 2.45) is 0 Å². The molecular weight excluding hydrogens is 615 g/mol. The molecule has 0 spiro atoms. The van der Waals surface area contributed by atoms with Gasteiger partial charge in [0.15, 0.2) is 0 Å². The van der Waals surface area contributed by atoms with Crippen LogP contribution in [-0.2, 0) is 9.53 Å². The van der Waals surface area contributed by atoms with Gasteiger partial charge < -0.3 is 0 Å². The van der Waals surface area contributed by atoms with Crippen molar-refractivity contribution in [1.82, 2.24) is 0 Å². The number of hydrogen-bond acceptors (Lipinski definition) is 3. The molecule has 0 bridgehead atoms. The number of rotatable bonds is 14. The Balaban J connectivity index is 1.13. The molecule has 0 aliphatic carbocycles. The molecule has 0 atom stereocenters. The summed E-state index contributed by atoms with van der Waals surface area (Å²) >= 11 is 4.51. The van der Waals surface area contributed by atoms with Gasteiger partial charge in [-0.05, 0) is 16.8 Å². The van der Waals surface area contributed by atoms with E-state index in [1.165, 1.54) is 15.9 Å². The Labute approximate surface area is 263 Å². The van der Waals surface area contributed by atoms with E-state index in [4.69, 9.17) is 4.74 Å². The predicted octanol–water partition coefficient (Wildman–Crippen LogP) is 8.75. The van der Waals surface area contributed by atoms with Gasteiger partial charge in [-0.1, -0.05) is 36.4 Å². The van der Waals surface area contributed by atoms with Crippen LogP contribution in [0.2, 0.25) is 0 Å². The third kappa shape index (κ3) is 6.98. The number of carbonyl (C=O) groups is 2. The van der Waals surface area contributed by atoms with E-state index >= 15 is 0 Å². The summed E-state index contributed by atoms with van der Waals surface area (Å²) in [6.45, 7) is 0.386. The zero-order valence-electron chi connectivity index (χ0n) is 24.4. The van der Waals surface area contributed by atoms with E-state index in [0.717, 1.165) is 42.6 Å². The van der Waals surface area contributed by atoms with E-state index in [1.807, 2.05) is 42.5 Å². The number of fused-ring (bicyclic) bond motifs is 1. The number of unbranched alkanes of at least 4 members (excludes halogenated alkanes) is 3. The monoisotopic (exact) mass is 652 g/mol. The third-order valence-electron chi connectivity index (χ3n) is 8.25. The molecule has 0 saturated carbocycles. The molecule has 5 rings (SSSR count). The summed E-state index contributed by atoms with van der Waals surface area (Å²) in [5.41, 5.74) is 0.636. The van der Waals surface area contributed by atoms with Crippen LogP contribution in [0.4, 0.5) is 0 Å². The number of benzene rings is 5. The molecule has 0 saturated heterocycles. The molecular formula is C38H38BrO3P. The van der Waals surface area contributed by atoms with Gasteiger partial charge >= 0.3 is 211 Å². The molecule has 0 radical (unpaired) electrons. The van der Waals surface area contributed by atoms with E-state index in [1.54, 1.807) is 0 Å². The fraction of sp³-hybridized carbons (Fsp3) is 0.211. The van der Waals surface area contributed by atoms with Gasteiger partial charge in [-0.2, -0.15) is 0 Å². The van der Waals surface area contributed by atoms with Crippen LogP contribution in [0.3, 0.4) is 0 Å². The Bertz CT molecular complexity index is 1560. The minimum atomic E-state index is -2.90. The van der Waals surface area contributed by atoms with E-state index < -0.39 is 5.31 Å². The summed E-state index contributed by atoms with van der Waals surface area (Å²) < 4.78 is 5.48. The Kier molecular flexibility index (Phi) is 10.2. The van der Waals surface area contributed by atoms with Crippen molar-refractivity contribution < 1.29 is 14.3 Å². The van der Waals surface area contributed by atoms with Crippen LogP contribution >= 0.6 is 20.8 Å². The molecule has 0 N–H and O–H groups in total. The van der Waals surface area contributed by atoms with Crippen molar-refractivity contribution >= 4 is 59.2 Å². The first kappa shape index (κ1) is 30.9. The fourth-order valence-corrected chi connectivity index (χ4v) is 13.6. The van der Waals surface area contributed by atoms with Crippen LogP contribution in [0, 0.1) is 0 Å². The molecule has 0 heterocycles. The number of Topliss-reactive ketones (excluding diaryl/α,β-unsaturated/α-hetero) is 1. The van der Waals surface area contributed by atoms with Crippen molar-refractivity contribution in [2.45, 2.75) is 38.5 Å². The van der Waals surface area contributed by atoms with Crippen LogP contribution in [-0.4, -0.2) is 24.5 Å². The topological polar surface area (TPSA) is 43.4 Å². The second-order valence-corrected chi connectivity index (χ2v) is 20.1. The number of ether oxygens (including phenoxy) is 1. The van der Waals surface area contributed by atoms with Crippen LogP contribution in [0.5, 0.6) is 0 Å². The molecule has 0 aliphatic rings. The van der Waals surface area contributed by atoms with Gasteiger partial charge in [0, 0.05) is 0 Å². The van der Waals surface area contributed by atoms with Gasteiger partial charge in [0.1, 0.15) is 0 Å². The van der Waals surface area contributed by atoms with Gasteiger partial charge in [0.2, 0.25) is 0 Å². The molecule has 0 fully saturated rings. The molecule has 5 heteroatoms. The third-order valence-corrected chi connectivity index (χ3v) is 18.3. The van der Waals surface area contributed by atoms with Gasteiger partial charge in [0.05, 0.1) is 0 Å². The van der Waals surface area contributed by atoms with E-state index in [0.29, 0.717) is 12.2 Å². The second kappa shape index (κ2) is 14.3. The molecule has 0 aromatic heterocycles. The summed E-state index contributed by atoms with van der Waals surface area (Å²) in [6.07, 6.45) is 5.12. The molecule has 3 nitrogen and oxygen atoms in total. The average Bonchev–Trinajstić information content (AvgIpc) is 3.07. The van der Waals surface area contributed by atoms with Gasteiger partial charge in [-0.3, -0.25) is 0 Å². The van der Waals surface area contributed by atoms with E-state index in [-0.39, 0.29) is 24.6 Å². The number of hydrogen-bond donors (Lipinski definition) is 0. The maximum atomic E-state index is 12.6. The Morgan fingerprint density at radius 1 is 0.558 bits per heavy atom. The summed E-state index contributed by atoms with van der Waals surface area (Å²) in [4.78, 5) is 25.0. The first-order valence-corrected chi connectivity index (χ1v) is 19.5. The number of ketones is 1. The van der Waals surface area contributed by atoms with Gasteiger partial charge in [-0.25, -0.2) is 0 Å². The first-order chi connectivity index (χ1) is 21.0. The summed E-state index contributed by atoms with van der Waals surface area (Å²) in [6, 6.07) is 46.2. The Morgan fingerprint density at radius 3 is 1.65 bits per heavy atom. The molecule has 0 unspecified atom stereocenters. The summed E-state index contributed by atoms with van der Waals surface area (Å²) in [7, 11) is 0. The molecule has 5 aromatic rings. The van der Waals surface area contributed by atoms with Gasteiger partial charge in [0.25, 0.3) is 0 Å². The van der Waals surface area contributed by atoms with Crippen LogP contribution < -0.4 is 15.9 Å². The average molecular weight is 654 g/mol. The van der Waals surface area contributed by atoms with Gasteiger partial charge in [-0.15, -0.1) is 0 Å². The zero-order valence-corrected chi connectivity index (χ0v) is 26.9. The molecule has 0 aliphatic heterocycles. The first-order valence-electron chi connectivity index (χ1n) is 15.1. The second-order valence-electron chi connectivity index (χ2n) is 11.0. The quantitative estimate of drug-likeness (QED) is 0.0521. The number of halogens is 1. The van der Waals surface area contributed by atoms with Crippen LogP contribution in [0.25, 0.3) is 10.8 Å². The predicted molar refractivity (Wildman–Crippen MR) is 186 cm³/mol. The van der Waals surface area contributed by atoms with Crippen molar-refractivity contribution in [3.8, 4) is 0 Å².